The maximum absolute atomic E-state index is 3.21. The molecule has 1 unspecified atom stereocenters. The first kappa shape index (κ1) is 14.0. The van der Waals surface area contributed by atoms with Crippen molar-refractivity contribution < 1.29 is 0 Å². The van der Waals surface area contributed by atoms with Gasteiger partial charge in [-0.15, -0.1) is 11.3 Å². The van der Waals surface area contributed by atoms with Crippen LogP contribution < -0.4 is 5.32 Å². The summed E-state index contributed by atoms with van der Waals surface area (Å²) < 4.78 is 0. The average Bonchev–Trinajstić information content (AvgIpc) is 2.88. The summed E-state index contributed by atoms with van der Waals surface area (Å²) in [4.78, 5) is 5.57. The lowest BCUT2D eigenvalue weighted by Gasteiger charge is -2.27. The highest BCUT2D eigenvalue weighted by Crippen LogP contribution is 2.34. The molecule has 0 spiro atoms. The number of nitrogens with one attached hydrogen (secondary N) is 1. The van der Waals surface area contributed by atoms with E-state index in [4.69, 9.17) is 0 Å². The summed E-state index contributed by atoms with van der Waals surface area (Å²) in [6.45, 7) is 11.8. The Hall–Kier alpha value is -0.380. The van der Waals surface area contributed by atoms with Gasteiger partial charge >= 0.3 is 0 Å². The van der Waals surface area contributed by atoms with E-state index in [0.29, 0.717) is 5.41 Å². The second kappa shape index (κ2) is 5.72. The molecule has 0 radical (unpaired) electrons. The molecule has 1 atom stereocenters. The Kier molecular flexibility index (Phi) is 4.46. The van der Waals surface area contributed by atoms with Crippen molar-refractivity contribution in [2.24, 2.45) is 11.3 Å². The summed E-state index contributed by atoms with van der Waals surface area (Å²) >= 11 is 1.95. The fourth-order valence-electron chi connectivity index (χ4n) is 2.68. The first-order chi connectivity index (χ1) is 8.49. The van der Waals surface area contributed by atoms with E-state index >= 15 is 0 Å². The largest absolute Gasteiger partial charge is 0.315 e. The Morgan fingerprint density at radius 1 is 1.33 bits per heavy atom. The summed E-state index contributed by atoms with van der Waals surface area (Å²) in [5, 5.41) is 3.21. The summed E-state index contributed by atoms with van der Waals surface area (Å²) in [5.41, 5.74) is 0.460. The van der Waals surface area contributed by atoms with Crippen molar-refractivity contribution in [3.8, 4) is 0 Å². The summed E-state index contributed by atoms with van der Waals surface area (Å²) in [6.07, 6.45) is 1.36. The minimum Gasteiger partial charge on any atom is -0.315 e. The van der Waals surface area contributed by atoms with Gasteiger partial charge in [-0.05, 0) is 43.5 Å². The molecule has 2 rings (SSSR count). The molecule has 102 valence electrons. The van der Waals surface area contributed by atoms with Crippen LogP contribution in [0.15, 0.2) is 12.1 Å². The maximum atomic E-state index is 3.21. The van der Waals surface area contributed by atoms with Gasteiger partial charge < -0.3 is 5.32 Å². The van der Waals surface area contributed by atoms with Gasteiger partial charge in [0.25, 0.3) is 0 Å². The van der Waals surface area contributed by atoms with Gasteiger partial charge in [-0.1, -0.05) is 20.8 Å². The number of thiophene rings is 1. The van der Waals surface area contributed by atoms with Crippen LogP contribution in [0.5, 0.6) is 0 Å². The lowest BCUT2D eigenvalue weighted by Crippen LogP contribution is -2.25. The van der Waals surface area contributed by atoms with Crippen LogP contribution in [-0.4, -0.2) is 25.0 Å². The molecular formula is C15H26N2S. The number of hydrogen-bond acceptors (Lipinski definition) is 3. The van der Waals surface area contributed by atoms with E-state index in [1.165, 1.54) is 29.3 Å². The van der Waals surface area contributed by atoms with E-state index in [1.54, 1.807) is 0 Å². The topological polar surface area (TPSA) is 15.3 Å². The molecule has 2 nitrogen and oxygen atoms in total. The van der Waals surface area contributed by atoms with Crippen molar-refractivity contribution in [3.63, 3.8) is 0 Å². The molecule has 0 saturated carbocycles. The van der Waals surface area contributed by atoms with E-state index in [9.17, 15) is 0 Å². The smallest absolute Gasteiger partial charge is 0.0328 e. The van der Waals surface area contributed by atoms with Gasteiger partial charge in [0.2, 0.25) is 0 Å². The molecular weight excluding hydrogens is 240 g/mol. The van der Waals surface area contributed by atoms with Crippen LogP contribution in [0.4, 0.5) is 0 Å². The Morgan fingerprint density at radius 2 is 2.06 bits per heavy atom. The van der Waals surface area contributed by atoms with Crippen LogP contribution in [0.3, 0.4) is 0 Å². The first-order valence-electron chi connectivity index (χ1n) is 6.93. The number of rotatable bonds is 4. The number of hydrogen-bond donors (Lipinski definition) is 1. The second-order valence-electron chi connectivity index (χ2n) is 6.49. The van der Waals surface area contributed by atoms with Crippen molar-refractivity contribution in [1.29, 1.82) is 0 Å². The molecule has 0 aromatic carbocycles. The summed E-state index contributed by atoms with van der Waals surface area (Å²) in [6, 6.07) is 4.55. The second-order valence-corrected chi connectivity index (χ2v) is 7.74. The Bertz CT molecular complexity index is 378. The predicted molar refractivity (Wildman–Crippen MR) is 79.9 cm³/mol. The highest BCUT2D eigenvalue weighted by molar-refractivity contribution is 7.11. The number of likely N-dealkylation sites (tertiary alicyclic amines) is 1. The maximum Gasteiger partial charge on any atom is 0.0328 e. The van der Waals surface area contributed by atoms with E-state index in [2.05, 4.69) is 43.1 Å². The quantitative estimate of drug-likeness (QED) is 0.899. The highest BCUT2D eigenvalue weighted by Gasteiger charge is 2.31. The van der Waals surface area contributed by atoms with Crippen molar-refractivity contribution in [2.75, 3.05) is 20.1 Å². The Balaban J connectivity index is 1.87. The van der Waals surface area contributed by atoms with Crippen molar-refractivity contribution in [2.45, 2.75) is 40.3 Å². The molecule has 1 fully saturated rings. The summed E-state index contributed by atoms with van der Waals surface area (Å²) in [5.74, 6) is 0.856. The van der Waals surface area contributed by atoms with Crippen molar-refractivity contribution >= 4 is 11.3 Å². The molecule has 1 aromatic rings. The predicted octanol–water partition coefficient (Wildman–Crippen LogP) is 3.34. The lowest BCUT2D eigenvalue weighted by molar-refractivity contribution is 0.227. The van der Waals surface area contributed by atoms with Crippen LogP contribution in [0, 0.1) is 11.3 Å². The molecule has 1 N–H and O–H groups in total. The van der Waals surface area contributed by atoms with Gasteiger partial charge in [0.1, 0.15) is 0 Å². The first-order valence-corrected chi connectivity index (χ1v) is 7.75. The average molecular weight is 266 g/mol. The van der Waals surface area contributed by atoms with Gasteiger partial charge in [0.05, 0.1) is 0 Å². The molecule has 0 bridgehead atoms. The van der Waals surface area contributed by atoms with Crippen molar-refractivity contribution in [1.82, 2.24) is 10.2 Å². The van der Waals surface area contributed by atoms with Gasteiger partial charge in [0, 0.05) is 29.4 Å². The van der Waals surface area contributed by atoms with Crippen LogP contribution in [-0.2, 0) is 13.1 Å². The monoisotopic (exact) mass is 266 g/mol. The standard InChI is InChI=1S/C15H26N2S/c1-15(2,3)12-7-8-17(10-12)11-14-6-5-13(18-14)9-16-4/h5-6,12,16H,7-11H2,1-4H3. The van der Waals surface area contributed by atoms with E-state index in [0.717, 1.165) is 19.0 Å². The van der Waals surface area contributed by atoms with E-state index in [1.807, 2.05) is 18.4 Å². The molecule has 2 heterocycles. The zero-order chi connectivity index (χ0) is 13.2. The third-order valence-corrected chi connectivity index (χ3v) is 5.01. The molecule has 1 saturated heterocycles. The number of nitrogens with zero attached hydrogens (tertiary/aromatic N) is 1. The lowest BCUT2D eigenvalue weighted by atomic mass is 9.80. The minimum atomic E-state index is 0.460. The van der Waals surface area contributed by atoms with Crippen LogP contribution in [0.25, 0.3) is 0 Å². The van der Waals surface area contributed by atoms with Crippen LogP contribution in [0.1, 0.15) is 36.9 Å². The fraction of sp³-hybridized carbons (Fsp3) is 0.733. The highest BCUT2D eigenvalue weighted by atomic mass is 32.1. The summed E-state index contributed by atoms with van der Waals surface area (Å²) in [7, 11) is 2.01. The normalized spacial score (nSPS) is 21.7. The molecule has 3 heteroatoms. The molecule has 1 aromatic heterocycles. The van der Waals surface area contributed by atoms with Gasteiger partial charge in [-0.3, -0.25) is 4.90 Å². The molecule has 0 aliphatic carbocycles. The molecule has 0 amide bonds. The zero-order valence-electron chi connectivity index (χ0n) is 12.1. The van der Waals surface area contributed by atoms with Gasteiger partial charge in [-0.2, -0.15) is 0 Å². The minimum absolute atomic E-state index is 0.460. The zero-order valence-corrected chi connectivity index (χ0v) is 12.9. The molecule has 1 aliphatic rings. The molecule has 1 aliphatic heterocycles. The van der Waals surface area contributed by atoms with Crippen LogP contribution >= 0.6 is 11.3 Å². The molecule has 18 heavy (non-hydrogen) atoms. The third kappa shape index (κ3) is 3.56. The van der Waals surface area contributed by atoms with Gasteiger partial charge in [0.15, 0.2) is 0 Å². The van der Waals surface area contributed by atoms with E-state index < -0.39 is 0 Å². The SMILES string of the molecule is CNCc1ccc(CN2CCC(C(C)(C)C)C2)s1. The fourth-order valence-corrected chi connectivity index (χ4v) is 3.75. The van der Waals surface area contributed by atoms with Crippen molar-refractivity contribution in [3.05, 3.63) is 21.9 Å². The Labute approximate surface area is 115 Å². The Morgan fingerprint density at radius 3 is 2.67 bits per heavy atom. The van der Waals surface area contributed by atoms with E-state index in [-0.39, 0.29) is 0 Å². The van der Waals surface area contributed by atoms with Gasteiger partial charge in [-0.25, -0.2) is 0 Å². The van der Waals surface area contributed by atoms with Crippen LogP contribution in [0.2, 0.25) is 0 Å². The third-order valence-electron chi connectivity index (χ3n) is 3.94.